The Kier molecular flexibility index (Phi) is 4.22. The van der Waals surface area contributed by atoms with Gasteiger partial charge in [0, 0.05) is 12.1 Å². The van der Waals surface area contributed by atoms with E-state index >= 15 is 0 Å². The molecule has 0 aliphatic carbocycles. The molecule has 0 heterocycles. The maximum absolute atomic E-state index is 10.9. The first kappa shape index (κ1) is 11.6. The molecular formula is C13H17NO. The van der Waals surface area contributed by atoms with Crippen LogP contribution in [0.1, 0.15) is 38.8 Å². The quantitative estimate of drug-likeness (QED) is 0.691. The number of aliphatic imine (C=N–C) groups is 1. The maximum atomic E-state index is 10.9. The van der Waals surface area contributed by atoms with Crippen LogP contribution in [0.5, 0.6) is 0 Å². The average Bonchev–Trinajstić information content (AvgIpc) is 2.17. The van der Waals surface area contributed by atoms with E-state index in [1.807, 2.05) is 32.0 Å². The molecule has 1 rings (SSSR count). The smallest absolute Gasteiger partial charge is 0.135 e. The Morgan fingerprint density at radius 1 is 1.27 bits per heavy atom. The van der Waals surface area contributed by atoms with E-state index in [0.29, 0.717) is 6.42 Å². The molecule has 0 saturated heterocycles. The third-order valence-corrected chi connectivity index (χ3v) is 2.20. The Morgan fingerprint density at radius 3 is 2.40 bits per heavy atom. The van der Waals surface area contributed by atoms with Crippen molar-refractivity contribution in [3.63, 3.8) is 0 Å². The molecule has 0 aromatic heterocycles. The van der Waals surface area contributed by atoms with E-state index in [1.165, 1.54) is 5.56 Å². The number of nitrogens with zero attached hydrogens (tertiary/aromatic N) is 1. The number of Topliss-reactive ketones (excluding diaryl/α,β-unsaturated/α-hetero) is 1. The molecule has 1 atom stereocenters. The molecule has 0 aliphatic rings. The minimum Gasteiger partial charge on any atom is -0.300 e. The van der Waals surface area contributed by atoms with Crippen molar-refractivity contribution in [2.24, 2.45) is 4.99 Å². The predicted molar refractivity (Wildman–Crippen MR) is 63.3 cm³/mol. The summed E-state index contributed by atoms with van der Waals surface area (Å²) in [5.41, 5.74) is 2.08. The fourth-order valence-electron chi connectivity index (χ4n) is 1.54. The van der Waals surface area contributed by atoms with E-state index in [0.717, 1.165) is 5.71 Å². The van der Waals surface area contributed by atoms with Gasteiger partial charge in [0.2, 0.25) is 0 Å². The molecule has 1 unspecified atom stereocenters. The number of rotatable bonds is 4. The molecule has 15 heavy (non-hydrogen) atoms. The highest BCUT2D eigenvalue weighted by molar-refractivity contribution is 5.99. The van der Waals surface area contributed by atoms with Crippen molar-refractivity contribution in [3.8, 4) is 0 Å². The van der Waals surface area contributed by atoms with Crippen LogP contribution in [0.2, 0.25) is 0 Å². The maximum Gasteiger partial charge on any atom is 0.135 e. The van der Waals surface area contributed by atoms with Crippen LogP contribution in [0, 0.1) is 0 Å². The number of benzene rings is 1. The van der Waals surface area contributed by atoms with Gasteiger partial charge in [0.05, 0.1) is 6.04 Å². The van der Waals surface area contributed by atoms with Gasteiger partial charge in [0.1, 0.15) is 5.78 Å². The third-order valence-electron chi connectivity index (χ3n) is 2.20. The standard InChI is InChI=1S/C13H17NO/c1-10(9-11(2)15)14-12(3)13-7-5-4-6-8-13/h4-8,12H,9H2,1-3H3. The van der Waals surface area contributed by atoms with Crippen LogP contribution in [0.25, 0.3) is 0 Å². The molecule has 0 saturated carbocycles. The van der Waals surface area contributed by atoms with Crippen LogP contribution in [0.4, 0.5) is 0 Å². The highest BCUT2D eigenvalue weighted by Crippen LogP contribution is 2.16. The van der Waals surface area contributed by atoms with Crippen molar-refractivity contribution in [1.82, 2.24) is 0 Å². The van der Waals surface area contributed by atoms with Crippen molar-refractivity contribution < 1.29 is 4.79 Å². The summed E-state index contributed by atoms with van der Waals surface area (Å²) in [6.07, 6.45) is 0.456. The third kappa shape index (κ3) is 4.07. The van der Waals surface area contributed by atoms with E-state index in [4.69, 9.17) is 0 Å². The number of hydrogen-bond acceptors (Lipinski definition) is 2. The zero-order valence-electron chi connectivity index (χ0n) is 9.53. The van der Waals surface area contributed by atoms with Gasteiger partial charge in [-0.1, -0.05) is 30.3 Å². The summed E-state index contributed by atoms with van der Waals surface area (Å²) in [6, 6.07) is 10.2. The minimum atomic E-state index is 0.130. The van der Waals surface area contributed by atoms with Crippen LogP contribution >= 0.6 is 0 Å². The summed E-state index contributed by atoms with van der Waals surface area (Å²) < 4.78 is 0. The molecular weight excluding hydrogens is 186 g/mol. The van der Waals surface area contributed by atoms with Crippen molar-refractivity contribution in [1.29, 1.82) is 0 Å². The number of carbonyl (C=O) groups is 1. The van der Waals surface area contributed by atoms with Crippen molar-refractivity contribution in [2.45, 2.75) is 33.2 Å². The Labute approximate surface area is 91.0 Å². The lowest BCUT2D eigenvalue weighted by molar-refractivity contribution is -0.115. The first-order valence-electron chi connectivity index (χ1n) is 5.17. The van der Waals surface area contributed by atoms with E-state index in [-0.39, 0.29) is 11.8 Å². The number of carbonyl (C=O) groups excluding carboxylic acids is 1. The fraction of sp³-hybridized carbons (Fsp3) is 0.385. The Balaban J connectivity index is 2.70. The molecule has 2 nitrogen and oxygen atoms in total. The second kappa shape index (κ2) is 5.44. The zero-order chi connectivity index (χ0) is 11.3. The van der Waals surface area contributed by atoms with Crippen molar-refractivity contribution >= 4 is 11.5 Å². The highest BCUT2D eigenvalue weighted by atomic mass is 16.1. The topological polar surface area (TPSA) is 29.4 Å². The summed E-state index contributed by atoms with van der Waals surface area (Å²) in [4.78, 5) is 15.4. The summed E-state index contributed by atoms with van der Waals surface area (Å²) in [5, 5.41) is 0. The Morgan fingerprint density at radius 2 is 1.87 bits per heavy atom. The summed E-state index contributed by atoms with van der Waals surface area (Å²) in [6.45, 7) is 5.53. The van der Waals surface area contributed by atoms with Gasteiger partial charge in [0.25, 0.3) is 0 Å². The van der Waals surface area contributed by atoms with Gasteiger partial charge in [-0.05, 0) is 26.3 Å². The van der Waals surface area contributed by atoms with E-state index in [9.17, 15) is 4.79 Å². The lowest BCUT2D eigenvalue weighted by Gasteiger charge is -2.07. The highest BCUT2D eigenvalue weighted by Gasteiger charge is 2.03. The van der Waals surface area contributed by atoms with Gasteiger partial charge in [-0.15, -0.1) is 0 Å². The predicted octanol–water partition coefficient (Wildman–Crippen LogP) is 3.19. The Bertz CT molecular complexity index is 354. The normalized spacial score (nSPS) is 13.7. The molecule has 80 valence electrons. The van der Waals surface area contributed by atoms with Gasteiger partial charge in [0.15, 0.2) is 0 Å². The molecule has 0 bridgehead atoms. The van der Waals surface area contributed by atoms with Gasteiger partial charge in [-0.3, -0.25) is 9.79 Å². The first-order chi connectivity index (χ1) is 7.09. The van der Waals surface area contributed by atoms with Crippen LogP contribution in [-0.4, -0.2) is 11.5 Å². The molecule has 0 radical (unpaired) electrons. The van der Waals surface area contributed by atoms with Gasteiger partial charge < -0.3 is 0 Å². The van der Waals surface area contributed by atoms with Crippen LogP contribution in [-0.2, 0) is 4.79 Å². The van der Waals surface area contributed by atoms with Crippen LogP contribution in [0.15, 0.2) is 35.3 Å². The van der Waals surface area contributed by atoms with E-state index < -0.39 is 0 Å². The van der Waals surface area contributed by atoms with Crippen molar-refractivity contribution in [2.75, 3.05) is 0 Å². The number of hydrogen-bond donors (Lipinski definition) is 0. The largest absolute Gasteiger partial charge is 0.300 e. The molecule has 0 aliphatic heterocycles. The monoisotopic (exact) mass is 203 g/mol. The SMILES string of the molecule is CC(=O)CC(C)=NC(C)c1ccccc1. The second-order valence-electron chi connectivity index (χ2n) is 3.83. The fourth-order valence-corrected chi connectivity index (χ4v) is 1.54. The van der Waals surface area contributed by atoms with Gasteiger partial charge in [-0.2, -0.15) is 0 Å². The van der Waals surface area contributed by atoms with E-state index in [1.54, 1.807) is 6.92 Å². The lowest BCUT2D eigenvalue weighted by Crippen LogP contribution is -2.02. The molecule has 1 aromatic rings. The average molecular weight is 203 g/mol. The molecule has 1 aromatic carbocycles. The molecule has 0 fully saturated rings. The van der Waals surface area contributed by atoms with Crippen molar-refractivity contribution in [3.05, 3.63) is 35.9 Å². The molecule has 0 N–H and O–H groups in total. The van der Waals surface area contributed by atoms with E-state index in [2.05, 4.69) is 17.1 Å². The lowest BCUT2D eigenvalue weighted by atomic mass is 10.1. The first-order valence-corrected chi connectivity index (χ1v) is 5.17. The minimum absolute atomic E-state index is 0.130. The zero-order valence-corrected chi connectivity index (χ0v) is 9.53. The summed E-state index contributed by atoms with van der Waals surface area (Å²) in [7, 11) is 0. The van der Waals surface area contributed by atoms with Crippen LogP contribution in [0.3, 0.4) is 0 Å². The van der Waals surface area contributed by atoms with Crippen LogP contribution < -0.4 is 0 Å². The summed E-state index contributed by atoms with van der Waals surface area (Å²) in [5.74, 6) is 0.163. The molecule has 2 heteroatoms. The second-order valence-corrected chi connectivity index (χ2v) is 3.83. The summed E-state index contributed by atoms with van der Waals surface area (Å²) >= 11 is 0. The van der Waals surface area contributed by atoms with Gasteiger partial charge >= 0.3 is 0 Å². The molecule has 0 spiro atoms. The van der Waals surface area contributed by atoms with Gasteiger partial charge in [-0.25, -0.2) is 0 Å². The number of ketones is 1. The molecule has 0 amide bonds. The Hall–Kier alpha value is -1.44.